The van der Waals surface area contributed by atoms with Crippen molar-refractivity contribution < 1.29 is 12.8 Å². The van der Waals surface area contributed by atoms with Gasteiger partial charge in [-0.2, -0.15) is 0 Å². The molecule has 3 N–H and O–H groups in total. The number of sulfonamides is 1. The third-order valence-corrected chi connectivity index (χ3v) is 4.46. The highest BCUT2D eigenvalue weighted by Crippen LogP contribution is 2.30. The molecule has 2 rings (SSSR count). The van der Waals surface area contributed by atoms with Crippen LogP contribution in [0.25, 0.3) is 0 Å². The summed E-state index contributed by atoms with van der Waals surface area (Å²) in [7, 11) is -4.21. The van der Waals surface area contributed by atoms with E-state index in [1.54, 1.807) is 0 Å². The zero-order valence-electron chi connectivity index (χ0n) is 9.90. The lowest BCUT2D eigenvalue weighted by molar-refractivity contribution is 0.572. The summed E-state index contributed by atoms with van der Waals surface area (Å²) in [6.07, 6.45) is 0. The van der Waals surface area contributed by atoms with Gasteiger partial charge in [0, 0.05) is 5.02 Å². The number of nitrogen functional groups attached to an aromatic ring is 1. The van der Waals surface area contributed by atoms with Gasteiger partial charge in [0.2, 0.25) is 0 Å². The molecule has 2 aromatic rings. The number of hydrogen-bond acceptors (Lipinski definition) is 3. The van der Waals surface area contributed by atoms with Crippen LogP contribution in [0.2, 0.25) is 10.0 Å². The predicted molar refractivity (Wildman–Crippen MR) is 78.1 cm³/mol. The number of hydrogen-bond donors (Lipinski definition) is 2. The molecule has 8 heteroatoms. The third-order valence-electron chi connectivity index (χ3n) is 2.44. The topological polar surface area (TPSA) is 72.2 Å². The number of anilines is 2. The second-order valence-corrected chi connectivity index (χ2v) is 6.35. The molecule has 0 atom stereocenters. The van der Waals surface area contributed by atoms with E-state index in [2.05, 4.69) is 4.72 Å². The van der Waals surface area contributed by atoms with Crippen molar-refractivity contribution in [3.63, 3.8) is 0 Å². The molecule has 20 heavy (non-hydrogen) atoms. The van der Waals surface area contributed by atoms with E-state index < -0.39 is 20.7 Å². The second kappa shape index (κ2) is 5.47. The molecular formula is C12H9Cl2FN2O2S. The van der Waals surface area contributed by atoms with Crippen molar-refractivity contribution in [2.45, 2.75) is 4.90 Å². The lowest BCUT2D eigenvalue weighted by Gasteiger charge is -2.12. The van der Waals surface area contributed by atoms with Crippen LogP contribution < -0.4 is 10.5 Å². The highest BCUT2D eigenvalue weighted by Gasteiger charge is 2.23. The minimum absolute atomic E-state index is 0.0434. The Kier molecular flexibility index (Phi) is 4.08. The fraction of sp³-hybridized carbons (Fsp3) is 0. The molecule has 0 heterocycles. The van der Waals surface area contributed by atoms with Gasteiger partial charge in [0.25, 0.3) is 10.0 Å². The van der Waals surface area contributed by atoms with Crippen LogP contribution >= 0.6 is 23.2 Å². The molecule has 0 radical (unpaired) electrons. The van der Waals surface area contributed by atoms with E-state index in [9.17, 15) is 12.8 Å². The van der Waals surface area contributed by atoms with Gasteiger partial charge >= 0.3 is 0 Å². The van der Waals surface area contributed by atoms with E-state index in [1.165, 1.54) is 30.3 Å². The Balaban J connectivity index is 2.49. The number of nitrogens with two attached hydrogens (primary N) is 1. The lowest BCUT2D eigenvalue weighted by atomic mass is 10.3. The molecule has 0 bridgehead atoms. The van der Waals surface area contributed by atoms with E-state index >= 15 is 0 Å². The Morgan fingerprint density at radius 3 is 2.50 bits per heavy atom. The number of nitrogens with one attached hydrogen (secondary N) is 1. The summed E-state index contributed by atoms with van der Waals surface area (Å²) in [6, 6.07) is 7.85. The van der Waals surface area contributed by atoms with Crippen LogP contribution in [-0.4, -0.2) is 8.42 Å². The maximum atomic E-state index is 13.7. The monoisotopic (exact) mass is 334 g/mol. The summed E-state index contributed by atoms with van der Waals surface area (Å²) in [6.45, 7) is 0. The van der Waals surface area contributed by atoms with E-state index in [0.29, 0.717) is 0 Å². The predicted octanol–water partition coefficient (Wildman–Crippen LogP) is 3.52. The van der Waals surface area contributed by atoms with Gasteiger partial charge in [0.15, 0.2) is 0 Å². The highest BCUT2D eigenvalue weighted by molar-refractivity contribution is 7.93. The van der Waals surface area contributed by atoms with Gasteiger partial charge in [-0.25, -0.2) is 12.8 Å². The van der Waals surface area contributed by atoms with Gasteiger partial charge in [-0.15, -0.1) is 0 Å². The Morgan fingerprint density at radius 2 is 1.85 bits per heavy atom. The SMILES string of the molecule is Nc1cccc(F)c1S(=O)(=O)Nc1cc(Cl)ccc1Cl. The van der Waals surface area contributed by atoms with Crippen LogP contribution in [0.15, 0.2) is 41.3 Å². The Hall–Kier alpha value is -1.50. The Bertz CT molecular complexity index is 746. The van der Waals surface area contributed by atoms with Crippen molar-refractivity contribution >= 4 is 44.6 Å². The molecule has 106 valence electrons. The summed E-state index contributed by atoms with van der Waals surface area (Å²) >= 11 is 11.6. The summed E-state index contributed by atoms with van der Waals surface area (Å²) in [5.74, 6) is -0.948. The minimum atomic E-state index is -4.21. The van der Waals surface area contributed by atoms with Crippen molar-refractivity contribution in [2.75, 3.05) is 10.5 Å². The lowest BCUT2D eigenvalue weighted by Crippen LogP contribution is -2.16. The molecule has 0 amide bonds. The normalized spacial score (nSPS) is 11.3. The van der Waals surface area contributed by atoms with E-state index in [4.69, 9.17) is 28.9 Å². The average molecular weight is 335 g/mol. The first-order valence-corrected chi connectivity index (χ1v) is 7.57. The summed E-state index contributed by atoms with van der Waals surface area (Å²) < 4.78 is 40.2. The third kappa shape index (κ3) is 2.98. The Labute approximate surface area is 125 Å². The smallest absolute Gasteiger partial charge is 0.266 e. The van der Waals surface area contributed by atoms with Crippen molar-refractivity contribution in [2.24, 2.45) is 0 Å². The molecule has 0 unspecified atom stereocenters. The van der Waals surface area contributed by atoms with Crippen LogP contribution in [0.5, 0.6) is 0 Å². The van der Waals surface area contributed by atoms with Crippen molar-refractivity contribution in [1.82, 2.24) is 0 Å². The van der Waals surface area contributed by atoms with Crippen LogP contribution in [0.3, 0.4) is 0 Å². The van der Waals surface area contributed by atoms with Crippen LogP contribution in [0, 0.1) is 5.82 Å². The van der Waals surface area contributed by atoms with Gasteiger partial charge in [-0.3, -0.25) is 4.72 Å². The largest absolute Gasteiger partial charge is 0.398 e. The highest BCUT2D eigenvalue weighted by atomic mass is 35.5. The van der Waals surface area contributed by atoms with Gasteiger partial charge in [-0.05, 0) is 30.3 Å². The first-order valence-electron chi connectivity index (χ1n) is 5.33. The average Bonchev–Trinajstić information content (AvgIpc) is 2.33. The number of benzene rings is 2. The zero-order valence-corrected chi connectivity index (χ0v) is 12.2. The molecule has 0 spiro atoms. The molecular weight excluding hydrogens is 326 g/mol. The van der Waals surface area contributed by atoms with Crippen LogP contribution in [-0.2, 0) is 10.0 Å². The second-order valence-electron chi connectivity index (χ2n) is 3.89. The van der Waals surface area contributed by atoms with Crippen molar-refractivity contribution in [3.05, 3.63) is 52.3 Å². The molecule has 0 fully saturated rings. The molecule has 2 aromatic carbocycles. The molecule has 0 saturated heterocycles. The van der Waals surface area contributed by atoms with Gasteiger partial charge in [0.1, 0.15) is 10.7 Å². The Morgan fingerprint density at radius 1 is 1.15 bits per heavy atom. The van der Waals surface area contributed by atoms with Crippen molar-refractivity contribution in [3.8, 4) is 0 Å². The van der Waals surface area contributed by atoms with Crippen molar-refractivity contribution in [1.29, 1.82) is 0 Å². The maximum Gasteiger partial charge on any atom is 0.266 e. The van der Waals surface area contributed by atoms with Crippen LogP contribution in [0.1, 0.15) is 0 Å². The quantitative estimate of drug-likeness (QED) is 0.843. The fourth-order valence-corrected chi connectivity index (χ4v) is 3.24. The van der Waals surface area contributed by atoms with Crippen LogP contribution in [0.4, 0.5) is 15.8 Å². The maximum absolute atomic E-state index is 13.7. The van der Waals surface area contributed by atoms with E-state index in [1.807, 2.05) is 0 Å². The molecule has 0 saturated carbocycles. The van der Waals surface area contributed by atoms with Gasteiger partial charge in [0.05, 0.1) is 16.4 Å². The van der Waals surface area contributed by atoms with E-state index in [-0.39, 0.29) is 21.4 Å². The number of rotatable bonds is 3. The van der Waals surface area contributed by atoms with Gasteiger partial charge in [-0.1, -0.05) is 29.3 Å². The first-order chi connectivity index (χ1) is 9.31. The summed E-state index contributed by atoms with van der Waals surface area (Å²) in [5, 5.41) is 0.418. The van der Waals surface area contributed by atoms with E-state index in [0.717, 1.165) is 6.07 Å². The standard InChI is InChI=1S/C12H9Cl2FN2O2S/c13-7-4-5-8(14)11(6-7)17-20(18,19)12-9(15)2-1-3-10(12)16/h1-6,17H,16H2. The number of halogens is 3. The molecule has 0 aromatic heterocycles. The first kappa shape index (κ1) is 14.9. The summed E-state index contributed by atoms with van der Waals surface area (Å²) in [4.78, 5) is -0.629. The molecule has 0 aliphatic heterocycles. The summed E-state index contributed by atoms with van der Waals surface area (Å²) in [5.41, 5.74) is 5.36. The molecule has 4 nitrogen and oxygen atoms in total. The minimum Gasteiger partial charge on any atom is -0.398 e. The molecule has 0 aliphatic carbocycles. The van der Waals surface area contributed by atoms with Gasteiger partial charge < -0.3 is 5.73 Å². The fourth-order valence-electron chi connectivity index (χ4n) is 1.58. The zero-order chi connectivity index (χ0) is 14.9. The molecule has 0 aliphatic rings.